The van der Waals surface area contributed by atoms with Gasteiger partial charge >= 0.3 is 0 Å². The van der Waals surface area contributed by atoms with Crippen LogP contribution in [0.4, 0.5) is 0 Å². The minimum Gasteiger partial charge on any atom is -0.465 e. The molecule has 4 nitrogen and oxygen atoms in total. The summed E-state index contributed by atoms with van der Waals surface area (Å²) in [5.74, 6) is 2.10. The quantitative estimate of drug-likeness (QED) is 0.803. The van der Waals surface area contributed by atoms with Crippen molar-refractivity contribution < 1.29 is 12.8 Å². The van der Waals surface area contributed by atoms with Crippen molar-refractivity contribution in [1.82, 2.24) is 4.31 Å². The van der Waals surface area contributed by atoms with Crippen molar-refractivity contribution in [3.63, 3.8) is 0 Å². The molecule has 0 aromatic carbocycles. The summed E-state index contributed by atoms with van der Waals surface area (Å²) in [6, 6.07) is 0. The molecule has 0 radical (unpaired) electrons. The summed E-state index contributed by atoms with van der Waals surface area (Å²) >= 11 is 5.90. The fourth-order valence-corrected chi connectivity index (χ4v) is 5.14. The van der Waals surface area contributed by atoms with E-state index in [0.717, 1.165) is 6.42 Å². The van der Waals surface area contributed by atoms with Crippen LogP contribution in [0.5, 0.6) is 0 Å². The van der Waals surface area contributed by atoms with Crippen LogP contribution in [-0.4, -0.2) is 25.8 Å². The van der Waals surface area contributed by atoms with Gasteiger partial charge in [0.05, 0.1) is 5.88 Å². The van der Waals surface area contributed by atoms with Gasteiger partial charge in [0.25, 0.3) is 0 Å². The summed E-state index contributed by atoms with van der Waals surface area (Å²) in [5.41, 5.74) is 0.593. The number of sulfonamides is 1. The van der Waals surface area contributed by atoms with Gasteiger partial charge < -0.3 is 4.42 Å². The van der Waals surface area contributed by atoms with Crippen LogP contribution in [0.15, 0.2) is 9.31 Å². The van der Waals surface area contributed by atoms with E-state index in [1.165, 1.54) is 0 Å². The molecule has 0 spiro atoms. The molecule has 0 aliphatic carbocycles. The van der Waals surface area contributed by atoms with Crippen molar-refractivity contribution >= 4 is 21.6 Å². The molecule has 1 aromatic heterocycles. The maximum atomic E-state index is 12.9. The summed E-state index contributed by atoms with van der Waals surface area (Å²) in [4.78, 5) is 0.270. The molecule has 0 bridgehead atoms. The third-order valence-electron chi connectivity index (χ3n) is 4.35. The lowest BCUT2D eigenvalue weighted by atomic mass is 9.90. The van der Waals surface area contributed by atoms with Crippen LogP contribution in [0.3, 0.4) is 0 Å². The molecular weight excluding hydrogens is 298 g/mol. The fourth-order valence-electron chi connectivity index (χ4n) is 2.77. The zero-order chi connectivity index (χ0) is 15.1. The molecule has 2 unspecified atom stereocenters. The second-order valence-electron chi connectivity index (χ2n) is 5.76. The van der Waals surface area contributed by atoms with Gasteiger partial charge in [-0.1, -0.05) is 13.8 Å². The number of furan rings is 1. The third kappa shape index (κ3) is 2.63. The Morgan fingerprint density at radius 1 is 1.25 bits per heavy atom. The Labute approximate surface area is 126 Å². The number of nitrogens with zero attached hydrogens (tertiary/aromatic N) is 1. The maximum Gasteiger partial charge on any atom is 0.246 e. The molecule has 2 atom stereocenters. The van der Waals surface area contributed by atoms with Crippen LogP contribution in [0.25, 0.3) is 0 Å². The largest absolute Gasteiger partial charge is 0.465 e. The number of alkyl halides is 1. The highest BCUT2D eigenvalue weighted by atomic mass is 35.5. The Morgan fingerprint density at radius 3 is 2.45 bits per heavy atom. The van der Waals surface area contributed by atoms with Gasteiger partial charge in [-0.3, -0.25) is 0 Å². The Kier molecular flexibility index (Phi) is 4.52. The Morgan fingerprint density at radius 2 is 1.90 bits per heavy atom. The lowest BCUT2D eigenvalue weighted by molar-refractivity contribution is 0.212. The van der Waals surface area contributed by atoms with Gasteiger partial charge in [-0.05, 0) is 32.1 Å². The topological polar surface area (TPSA) is 50.5 Å². The minimum atomic E-state index is -3.52. The van der Waals surface area contributed by atoms with Crippen molar-refractivity contribution in [3.05, 3.63) is 17.1 Å². The zero-order valence-electron chi connectivity index (χ0n) is 12.4. The summed E-state index contributed by atoms with van der Waals surface area (Å²) < 4.78 is 32.8. The Hall–Kier alpha value is -0.520. The van der Waals surface area contributed by atoms with Crippen molar-refractivity contribution in [2.24, 2.45) is 11.8 Å². The van der Waals surface area contributed by atoms with Gasteiger partial charge in [0, 0.05) is 18.7 Å². The lowest BCUT2D eigenvalue weighted by Gasteiger charge is -2.34. The van der Waals surface area contributed by atoms with Crippen LogP contribution in [0.2, 0.25) is 0 Å². The number of aryl methyl sites for hydroxylation is 2. The van der Waals surface area contributed by atoms with Crippen molar-refractivity contribution in [3.8, 4) is 0 Å². The van der Waals surface area contributed by atoms with E-state index in [-0.39, 0.29) is 10.8 Å². The fraction of sp³-hybridized carbons (Fsp3) is 0.714. The van der Waals surface area contributed by atoms with Gasteiger partial charge in [-0.2, -0.15) is 4.31 Å². The van der Waals surface area contributed by atoms with Crippen LogP contribution >= 0.6 is 11.6 Å². The minimum absolute atomic E-state index is 0.150. The molecule has 1 aliphatic heterocycles. The van der Waals surface area contributed by atoms with Crippen LogP contribution in [0, 0.1) is 25.7 Å². The zero-order valence-corrected chi connectivity index (χ0v) is 14.0. The van der Waals surface area contributed by atoms with E-state index >= 15 is 0 Å². The second-order valence-corrected chi connectivity index (χ2v) is 7.90. The molecule has 2 heterocycles. The predicted octanol–water partition coefficient (Wildman–Crippen LogP) is 3.30. The first-order chi connectivity index (χ1) is 9.28. The monoisotopic (exact) mass is 319 g/mol. The molecule has 0 saturated carbocycles. The van der Waals surface area contributed by atoms with E-state index in [1.807, 2.05) is 0 Å². The molecule has 20 heavy (non-hydrogen) atoms. The van der Waals surface area contributed by atoms with Gasteiger partial charge in [0.2, 0.25) is 10.0 Å². The highest BCUT2D eigenvalue weighted by Gasteiger charge is 2.35. The second kappa shape index (κ2) is 5.70. The number of piperidine rings is 1. The number of hydrogen-bond donors (Lipinski definition) is 0. The molecule has 1 aromatic rings. The molecule has 6 heteroatoms. The molecule has 1 fully saturated rings. The summed E-state index contributed by atoms with van der Waals surface area (Å²) in [7, 11) is -3.52. The van der Waals surface area contributed by atoms with Crippen LogP contribution in [0.1, 0.15) is 37.4 Å². The van der Waals surface area contributed by atoms with Crippen molar-refractivity contribution in [1.29, 1.82) is 0 Å². The highest BCUT2D eigenvalue weighted by Crippen LogP contribution is 2.33. The summed E-state index contributed by atoms with van der Waals surface area (Å²) in [6.45, 7) is 8.85. The van der Waals surface area contributed by atoms with Gasteiger partial charge in [0.1, 0.15) is 16.4 Å². The van der Waals surface area contributed by atoms with Gasteiger partial charge in [0.15, 0.2) is 0 Å². The first-order valence-corrected chi connectivity index (χ1v) is 8.91. The van der Waals surface area contributed by atoms with E-state index in [4.69, 9.17) is 16.0 Å². The average molecular weight is 320 g/mol. The summed E-state index contributed by atoms with van der Waals surface area (Å²) in [5, 5.41) is 0. The SMILES string of the molecule is Cc1oc(C)c(S(=O)(=O)N2CCC(C)C(C)C2)c1CCl. The predicted molar refractivity (Wildman–Crippen MR) is 79.4 cm³/mol. The lowest BCUT2D eigenvalue weighted by Crippen LogP contribution is -2.42. The number of hydrogen-bond acceptors (Lipinski definition) is 3. The molecular formula is C14H22ClNO3S. The molecule has 0 N–H and O–H groups in total. The number of halogens is 1. The smallest absolute Gasteiger partial charge is 0.246 e. The third-order valence-corrected chi connectivity index (χ3v) is 6.68. The van der Waals surface area contributed by atoms with Crippen LogP contribution in [-0.2, 0) is 15.9 Å². The molecule has 1 aliphatic rings. The normalized spacial score (nSPS) is 25.1. The van der Waals surface area contributed by atoms with Gasteiger partial charge in [-0.25, -0.2) is 8.42 Å². The average Bonchev–Trinajstić information content (AvgIpc) is 2.67. The molecule has 2 rings (SSSR count). The van der Waals surface area contributed by atoms with E-state index in [9.17, 15) is 8.42 Å². The van der Waals surface area contributed by atoms with Crippen molar-refractivity contribution in [2.75, 3.05) is 13.1 Å². The Balaban J connectivity index is 2.41. The molecule has 0 amide bonds. The van der Waals surface area contributed by atoms with E-state index in [2.05, 4.69) is 13.8 Å². The Bertz CT molecular complexity index is 594. The summed E-state index contributed by atoms with van der Waals surface area (Å²) in [6.07, 6.45) is 0.895. The van der Waals surface area contributed by atoms with E-state index < -0.39 is 10.0 Å². The highest BCUT2D eigenvalue weighted by molar-refractivity contribution is 7.89. The molecule has 1 saturated heterocycles. The van der Waals surface area contributed by atoms with Gasteiger partial charge in [-0.15, -0.1) is 11.6 Å². The standard InChI is InChI=1S/C14H22ClNO3S/c1-9-5-6-16(8-10(9)2)20(17,18)14-12(4)19-11(3)13(14)7-15/h9-10H,5-8H2,1-4H3. The first-order valence-electron chi connectivity index (χ1n) is 6.94. The van der Waals surface area contributed by atoms with Crippen molar-refractivity contribution in [2.45, 2.75) is 44.9 Å². The van der Waals surface area contributed by atoms with Crippen LogP contribution < -0.4 is 0 Å². The first kappa shape index (κ1) is 15.9. The number of rotatable bonds is 3. The van der Waals surface area contributed by atoms with E-state index in [0.29, 0.717) is 42.0 Å². The molecule has 114 valence electrons. The van der Waals surface area contributed by atoms with E-state index in [1.54, 1.807) is 18.2 Å². The maximum absolute atomic E-state index is 12.9.